The molecule has 134 valence electrons. The number of fused-ring (bicyclic) bond motifs is 1. The van der Waals surface area contributed by atoms with Crippen molar-refractivity contribution in [1.82, 2.24) is 34.1 Å². The van der Waals surface area contributed by atoms with Crippen LogP contribution in [0, 0.1) is 0 Å². The van der Waals surface area contributed by atoms with Crippen molar-refractivity contribution in [2.24, 2.45) is 7.05 Å². The Morgan fingerprint density at radius 1 is 1.36 bits per heavy atom. The van der Waals surface area contributed by atoms with E-state index in [1.807, 2.05) is 7.05 Å². The van der Waals surface area contributed by atoms with Gasteiger partial charge < -0.3 is 4.90 Å². The zero-order valence-corrected chi connectivity index (χ0v) is 15.0. The first-order valence-electron chi connectivity index (χ1n) is 8.30. The maximum Gasteiger partial charge on any atom is 0.293 e. The third kappa shape index (κ3) is 3.60. The molecular formula is C16H23N7O2. The molecule has 1 aliphatic rings. The molecule has 0 fully saturated rings. The molecule has 1 amide bonds. The minimum atomic E-state index is -0.245. The third-order valence-corrected chi connectivity index (χ3v) is 4.44. The molecule has 0 aliphatic carbocycles. The molecule has 25 heavy (non-hydrogen) atoms. The Balaban J connectivity index is 1.83. The van der Waals surface area contributed by atoms with Gasteiger partial charge in [0.2, 0.25) is 5.82 Å². The zero-order valence-electron chi connectivity index (χ0n) is 15.0. The predicted octanol–water partition coefficient (Wildman–Crippen LogP) is -0.132. The minimum absolute atomic E-state index is 0.0692. The molecule has 0 aromatic carbocycles. The van der Waals surface area contributed by atoms with Crippen molar-refractivity contribution in [3.63, 3.8) is 0 Å². The molecule has 0 saturated heterocycles. The summed E-state index contributed by atoms with van der Waals surface area (Å²) in [5, 5.41) is 4.05. The van der Waals surface area contributed by atoms with E-state index >= 15 is 0 Å². The Morgan fingerprint density at radius 3 is 2.76 bits per heavy atom. The van der Waals surface area contributed by atoms with E-state index in [1.54, 1.807) is 22.6 Å². The highest BCUT2D eigenvalue weighted by Gasteiger charge is 2.26. The number of hydrogen-bond donors (Lipinski definition) is 0. The van der Waals surface area contributed by atoms with Crippen molar-refractivity contribution in [3.8, 4) is 0 Å². The van der Waals surface area contributed by atoms with Gasteiger partial charge in [-0.25, -0.2) is 9.97 Å². The van der Waals surface area contributed by atoms with Crippen molar-refractivity contribution in [3.05, 3.63) is 40.1 Å². The summed E-state index contributed by atoms with van der Waals surface area (Å²) in [5.41, 5.74) is 0.651. The Labute approximate surface area is 145 Å². The molecule has 2 aromatic rings. The van der Waals surface area contributed by atoms with Crippen LogP contribution in [0.1, 0.15) is 36.0 Å². The summed E-state index contributed by atoms with van der Waals surface area (Å²) in [5.74, 6) is 0.523. The number of hydrogen-bond acceptors (Lipinski definition) is 6. The molecule has 3 heterocycles. The van der Waals surface area contributed by atoms with E-state index in [9.17, 15) is 9.59 Å². The summed E-state index contributed by atoms with van der Waals surface area (Å²) < 4.78 is 3.13. The molecule has 0 atom stereocenters. The van der Waals surface area contributed by atoms with Crippen molar-refractivity contribution >= 4 is 5.91 Å². The number of amides is 1. The van der Waals surface area contributed by atoms with Crippen molar-refractivity contribution < 1.29 is 4.79 Å². The average Bonchev–Trinajstić information content (AvgIpc) is 3.00. The molecular weight excluding hydrogens is 322 g/mol. The number of aryl methyl sites for hydroxylation is 1. The first kappa shape index (κ1) is 17.3. The van der Waals surface area contributed by atoms with Gasteiger partial charge in [0.05, 0.1) is 12.2 Å². The molecule has 0 unspecified atom stereocenters. The van der Waals surface area contributed by atoms with Crippen LogP contribution in [0.5, 0.6) is 0 Å². The highest BCUT2D eigenvalue weighted by atomic mass is 16.2. The van der Waals surface area contributed by atoms with Gasteiger partial charge in [-0.1, -0.05) is 0 Å². The lowest BCUT2D eigenvalue weighted by Gasteiger charge is -2.29. The van der Waals surface area contributed by atoms with E-state index in [1.165, 1.54) is 11.0 Å². The number of nitrogens with zero attached hydrogens (tertiary/aromatic N) is 7. The van der Waals surface area contributed by atoms with E-state index in [4.69, 9.17) is 0 Å². The third-order valence-electron chi connectivity index (χ3n) is 4.44. The van der Waals surface area contributed by atoms with E-state index in [0.717, 1.165) is 5.69 Å². The largest absolute Gasteiger partial charge is 0.327 e. The maximum absolute atomic E-state index is 12.5. The van der Waals surface area contributed by atoms with Crippen LogP contribution in [0.15, 0.2) is 17.2 Å². The second-order valence-electron chi connectivity index (χ2n) is 6.63. The quantitative estimate of drug-likeness (QED) is 0.767. The van der Waals surface area contributed by atoms with Crippen molar-refractivity contribution in [1.29, 1.82) is 0 Å². The normalized spacial score (nSPS) is 14.2. The van der Waals surface area contributed by atoms with Crippen LogP contribution >= 0.6 is 0 Å². The Bertz CT molecular complexity index is 839. The lowest BCUT2D eigenvalue weighted by molar-refractivity contribution is 0.0690. The van der Waals surface area contributed by atoms with E-state index in [2.05, 4.69) is 33.8 Å². The van der Waals surface area contributed by atoms with Crippen LogP contribution in [0.3, 0.4) is 0 Å². The predicted molar refractivity (Wildman–Crippen MR) is 90.8 cm³/mol. The topological polar surface area (TPSA) is 89.2 Å². The van der Waals surface area contributed by atoms with Gasteiger partial charge in [0.1, 0.15) is 12.2 Å². The Hall–Kier alpha value is -2.55. The number of aromatic nitrogens is 5. The summed E-state index contributed by atoms with van der Waals surface area (Å²) in [7, 11) is 3.71. The van der Waals surface area contributed by atoms with Gasteiger partial charge in [0.25, 0.3) is 11.5 Å². The number of carbonyl (C=O) groups is 1. The zero-order chi connectivity index (χ0) is 18.1. The van der Waals surface area contributed by atoms with Gasteiger partial charge in [-0.3, -0.25) is 23.7 Å². The minimum Gasteiger partial charge on any atom is -0.327 e. The smallest absolute Gasteiger partial charge is 0.293 e. The molecule has 2 aromatic heterocycles. The van der Waals surface area contributed by atoms with Gasteiger partial charge in [-0.2, -0.15) is 0 Å². The van der Waals surface area contributed by atoms with Crippen LogP contribution in [0.2, 0.25) is 0 Å². The molecule has 0 saturated carbocycles. The maximum atomic E-state index is 12.5. The van der Waals surface area contributed by atoms with Crippen LogP contribution in [0.4, 0.5) is 0 Å². The summed E-state index contributed by atoms with van der Waals surface area (Å²) in [6.45, 7) is 5.93. The molecule has 9 nitrogen and oxygen atoms in total. The first-order chi connectivity index (χ1) is 11.8. The molecule has 0 radical (unpaired) electrons. The lowest BCUT2D eigenvalue weighted by Crippen LogP contribution is -2.43. The van der Waals surface area contributed by atoms with Crippen LogP contribution in [-0.2, 0) is 26.7 Å². The van der Waals surface area contributed by atoms with Gasteiger partial charge in [0.15, 0.2) is 0 Å². The summed E-state index contributed by atoms with van der Waals surface area (Å²) in [4.78, 5) is 37.2. The molecule has 3 rings (SSSR count). The Kier molecular flexibility index (Phi) is 4.67. The molecule has 9 heteroatoms. The summed E-state index contributed by atoms with van der Waals surface area (Å²) in [6.07, 6.45) is 1.49. The van der Waals surface area contributed by atoms with E-state index in [0.29, 0.717) is 31.5 Å². The number of carbonyl (C=O) groups excluding carboxylic acids is 1. The fraction of sp³-hybridized carbons (Fsp3) is 0.562. The first-order valence-corrected chi connectivity index (χ1v) is 8.30. The Morgan fingerprint density at radius 2 is 2.12 bits per heavy atom. The van der Waals surface area contributed by atoms with Gasteiger partial charge in [-0.05, 0) is 20.9 Å². The molecule has 0 bridgehead atoms. The fourth-order valence-corrected chi connectivity index (χ4v) is 2.71. The summed E-state index contributed by atoms with van der Waals surface area (Å²) in [6, 6.07) is 1.94. The second kappa shape index (κ2) is 6.75. The number of rotatable bonds is 4. The van der Waals surface area contributed by atoms with Gasteiger partial charge in [0, 0.05) is 38.8 Å². The highest BCUT2D eigenvalue weighted by molar-refractivity contribution is 5.90. The SMILES string of the molecule is CC(C)N(C)Cc1cc(=O)n2c(n1)CN(C(=O)c1ncn(C)n1)CC2. The second-order valence-corrected chi connectivity index (χ2v) is 6.63. The highest BCUT2D eigenvalue weighted by Crippen LogP contribution is 2.12. The van der Waals surface area contributed by atoms with Crippen LogP contribution < -0.4 is 5.56 Å². The van der Waals surface area contributed by atoms with Crippen molar-refractivity contribution in [2.75, 3.05) is 13.6 Å². The molecule has 1 aliphatic heterocycles. The standard InChI is InChI=1S/C16H23N7O2/c1-11(2)20(3)8-12-7-14(24)23-6-5-22(9-13(23)18-12)16(25)15-17-10-21(4)19-15/h7,10-11H,5-6,8-9H2,1-4H3. The lowest BCUT2D eigenvalue weighted by atomic mass is 10.2. The van der Waals surface area contributed by atoms with Gasteiger partial charge in [-0.15, -0.1) is 5.10 Å². The average molecular weight is 345 g/mol. The molecule has 0 spiro atoms. The fourth-order valence-electron chi connectivity index (χ4n) is 2.71. The van der Waals surface area contributed by atoms with Crippen molar-refractivity contribution in [2.45, 2.75) is 39.5 Å². The van der Waals surface area contributed by atoms with E-state index < -0.39 is 0 Å². The van der Waals surface area contributed by atoms with E-state index in [-0.39, 0.29) is 23.8 Å². The van der Waals surface area contributed by atoms with Gasteiger partial charge >= 0.3 is 0 Å². The summed E-state index contributed by atoms with van der Waals surface area (Å²) >= 11 is 0. The van der Waals surface area contributed by atoms with Crippen LogP contribution in [0.25, 0.3) is 0 Å². The monoisotopic (exact) mass is 345 g/mol. The van der Waals surface area contributed by atoms with Crippen LogP contribution in [-0.4, -0.2) is 59.7 Å². The molecule has 0 N–H and O–H groups in total.